The third-order valence-corrected chi connectivity index (χ3v) is 3.95. The van der Waals surface area contributed by atoms with Crippen LogP contribution in [0.15, 0.2) is 40.5 Å². The first kappa shape index (κ1) is 16.2. The van der Waals surface area contributed by atoms with E-state index in [-0.39, 0.29) is 16.7 Å². The number of rotatable bonds is 6. The molecule has 0 aliphatic heterocycles. The number of carbonyl (C=O) groups excluding carboxylic acids is 1. The number of hydrogen-bond donors (Lipinski definition) is 2. The highest BCUT2D eigenvalue weighted by Crippen LogP contribution is 2.18. The molecule has 0 saturated carbocycles. The fourth-order valence-electron chi connectivity index (χ4n) is 1.85. The van der Waals surface area contributed by atoms with E-state index in [0.717, 1.165) is 12.0 Å². The highest BCUT2D eigenvalue weighted by Gasteiger charge is 2.15. The van der Waals surface area contributed by atoms with Gasteiger partial charge in [0.15, 0.2) is 5.16 Å². The fraction of sp³-hybridized carbons (Fsp3) is 0.333. The summed E-state index contributed by atoms with van der Waals surface area (Å²) in [6.07, 6.45) is 4.22. The van der Waals surface area contributed by atoms with Gasteiger partial charge in [0.05, 0.1) is 5.25 Å². The lowest BCUT2D eigenvalue weighted by molar-refractivity contribution is -0.120. The third-order valence-electron chi connectivity index (χ3n) is 2.97. The van der Waals surface area contributed by atoms with Gasteiger partial charge in [0.2, 0.25) is 5.91 Å². The largest absolute Gasteiger partial charge is 0.355 e. The first-order chi connectivity index (χ1) is 10.5. The van der Waals surface area contributed by atoms with Gasteiger partial charge in [-0.05, 0) is 38.0 Å². The van der Waals surface area contributed by atoms with Crippen LogP contribution < -0.4 is 10.9 Å². The number of pyridine rings is 1. The molecule has 0 aliphatic carbocycles. The molecule has 7 heteroatoms. The maximum atomic E-state index is 12.0. The number of thioether (sulfide) groups is 1. The Kier molecular flexibility index (Phi) is 5.71. The predicted octanol–water partition coefficient (Wildman–Crippen LogP) is 1.31. The second kappa shape index (κ2) is 7.74. The molecule has 2 aromatic heterocycles. The molecule has 0 spiro atoms. The van der Waals surface area contributed by atoms with E-state index in [1.165, 1.54) is 17.8 Å². The van der Waals surface area contributed by atoms with Crippen LogP contribution in [-0.2, 0) is 11.2 Å². The molecule has 0 saturated heterocycles. The number of aromatic nitrogens is 3. The lowest BCUT2D eigenvalue weighted by Crippen LogP contribution is -2.32. The van der Waals surface area contributed by atoms with Crippen molar-refractivity contribution < 1.29 is 4.79 Å². The third kappa shape index (κ3) is 5.00. The van der Waals surface area contributed by atoms with Gasteiger partial charge in [0, 0.05) is 30.7 Å². The number of carbonyl (C=O) groups is 1. The topological polar surface area (TPSA) is 87.7 Å². The molecule has 22 heavy (non-hydrogen) atoms. The van der Waals surface area contributed by atoms with Crippen LogP contribution in [0.25, 0.3) is 0 Å². The maximum Gasteiger partial charge on any atom is 0.251 e. The predicted molar refractivity (Wildman–Crippen MR) is 85.9 cm³/mol. The van der Waals surface area contributed by atoms with Crippen molar-refractivity contribution in [2.24, 2.45) is 0 Å². The van der Waals surface area contributed by atoms with Crippen molar-refractivity contribution >= 4 is 17.7 Å². The normalized spacial score (nSPS) is 11.9. The lowest BCUT2D eigenvalue weighted by Gasteiger charge is -2.11. The molecular formula is C15H18N4O2S. The summed E-state index contributed by atoms with van der Waals surface area (Å²) in [5.41, 5.74) is 1.55. The van der Waals surface area contributed by atoms with E-state index in [1.54, 1.807) is 26.2 Å². The summed E-state index contributed by atoms with van der Waals surface area (Å²) in [5.74, 6) is -0.0804. The Labute approximate surface area is 132 Å². The summed E-state index contributed by atoms with van der Waals surface area (Å²) >= 11 is 1.24. The minimum Gasteiger partial charge on any atom is -0.355 e. The van der Waals surface area contributed by atoms with Gasteiger partial charge in [-0.2, -0.15) is 0 Å². The Morgan fingerprint density at radius 2 is 2.14 bits per heavy atom. The number of aryl methyl sites for hydroxylation is 1. The molecule has 2 rings (SSSR count). The number of nitrogens with zero attached hydrogens (tertiary/aromatic N) is 2. The zero-order valence-electron chi connectivity index (χ0n) is 12.5. The molecule has 0 radical (unpaired) electrons. The van der Waals surface area contributed by atoms with Gasteiger partial charge in [0.25, 0.3) is 5.56 Å². The first-order valence-corrected chi connectivity index (χ1v) is 7.84. The van der Waals surface area contributed by atoms with E-state index < -0.39 is 0 Å². The molecule has 2 N–H and O–H groups in total. The maximum absolute atomic E-state index is 12.0. The van der Waals surface area contributed by atoms with Crippen LogP contribution >= 0.6 is 11.8 Å². The molecule has 1 unspecified atom stereocenters. The zero-order valence-corrected chi connectivity index (χ0v) is 13.3. The Morgan fingerprint density at radius 3 is 2.82 bits per heavy atom. The Balaban J connectivity index is 1.83. The first-order valence-electron chi connectivity index (χ1n) is 6.96. The van der Waals surface area contributed by atoms with Crippen molar-refractivity contribution in [3.63, 3.8) is 0 Å². The smallest absolute Gasteiger partial charge is 0.251 e. The molecule has 2 aromatic rings. The Bertz CT molecular complexity index is 687. The number of hydrogen-bond acceptors (Lipinski definition) is 5. The average molecular weight is 318 g/mol. The van der Waals surface area contributed by atoms with Crippen LogP contribution in [0.5, 0.6) is 0 Å². The summed E-state index contributed by atoms with van der Waals surface area (Å²) in [7, 11) is 0. The fourth-order valence-corrected chi connectivity index (χ4v) is 2.73. The summed E-state index contributed by atoms with van der Waals surface area (Å²) in [6, 6.07) is 5.26. The van der Waals surface area contributed by atoms with Crippen LogP contribution in [0.1, 0.15) is 18.2 Å². The van der Waals surface area contributed by atoms with Gasteiger partial charge >= 0.3 is 0 Å². The van der Waals surface area contributed by atoms with Crippen LogP contribution in [0, 0.1) is 6.92 Å². The van der Waals surface area contributed by atoms with Crippen molar-refractivity contribution in [3.05, 3.63) is 52.2 Å². The summed E-state index contributed by atoms with van der Waals surface area (Å²) in [6.45, 7) is 4.10. The Hall–Kier alpha value is -2.15. The molecule has 0 aliphatic rings. The van der Waals surface area contributed by atoms with Crippen molar-refractivity contribution in [1.82, 2.24) is 20.3 Å². The van der Waals surface area contributed by atoms with Gasteiger partial charge < -0.3 is 10.3 Å². The van der Waals surface area contributed by atoms with Gasteiger partial charge in [0.1, 0.15) is 0 Å². The molecule has 1 atom stereocenters. The zero-order chi connectivity index (χ0) is 15.9. The van der Waals surface area contributed by atoms with Crippen LogP contribution in [-0.4, -0.2) is 32.7 Å². The standard InChI is InChI=1S/C15H18N4O2S/c1-10-9-13(20)19-15(18-10)22-11(2)14(21)17-8-5-12-3-6-16-7-4-12/h3-4,6-7,9,11H,5,8H2,1-2H3,(H,17,21)(H,18,19,20). The van der Waals surface area contributed by atoms with Crippen LogP contribution in [0.3, 0.4) is 0 Å². The van der Waals surface area contributed by atoms with Gasteiger partial charge in [-0.25, -0.2) is 4.98 Å². The van der Waals surface area contributed by atoms with E-state index in [0.29, 0.717) is 17.4 Å². The molecule has 1 amide bonds. The second-order valence-electron chi connectivity index (χ2n) is 4.85. The van der Waals surface area contributed by atoms with Gasteiger partial charge in [-0.3, -0.25) is 14.6 Å². The highest BCUT2D eigenvalue weighted by atomic mass is 32.2. The van der Waals surface area contributed by atoms with Crippen molar-refractivity contribution in [1.29, 1.82) is 0 Å². The number of H-pyrrole nitrogens is 1. The van der Waals surface area contributed by atoms with E-state index in [4.69, 9.17) is 0 Å². The van der Waals surface area contributed by atoms with E-state index in [9.17, 15) is 9.59 Å². The SMILES string of the molecule is Cc1cc(=O)[nH]c(SC(C)C(=O)NCCc2ccncc2)n1. The Morgan fingerprint density at radius 1 is 1.41 bits per heavy atom. The van der Waals surface area contributed by atoms with E-state index >= 15 is 0 Å². The molecule has 0 aromatic carbocycles. The van der Waals surface area contributed by atoms with Gasteiger partial charge in [-0.15, -0.1) is 0 Å². The molecule has 116 valence electrons. The van der Waals surface area contributed by atoms with Crippen LogP contribution in [0.2, 0.25) is 0 Å². The monoisotopic (exact) mass is 318 g/mol. The number of nitrogens with one attached hydrogen (secondary N) is 2. The van der Waals surface area contributed by atoms with Crippen molar-refractivity contribution in [2.75, 3.05) is 6.54 Å². The van der Waals surface area contributed by atoms with E-state index in [2.05, 4.69) is 20.3 Å². The number of amides is 1. The minimum atomic E-state index is -0.331. The minimum absolute atomic E-state index is 0.0804. The molecule has 2 heterocycles. The average Bonchev–Trinajstić information content (AvgIpc) is 2.47. The lowest BCUT2D eigenvalue weighted by atomic mass is 10.2. The molecule has 6 nitrogen and oxygen atoms in total. The molecule has 0 bridgehead atoms. The van der Waals surface area contributed by atoms with E-state index in [1.807, 2.05) is 12.1 Å². The second-order valence-corrected chi connectivity index (χ2v) is 6.18. The van der Waals surface area contributed by atoms with Crippen molar-refractivity contribution in [2.45, 2.75) is 30.7 Å². The highest BCUT2D eigenvalue weighted by molar-refractivity contribution is 8.00. The quantitative estimate of drug-likeness (QED) is 0.619. The summed E-state index contributed by atoms with van der Waals surface area (Å²) in [5, 5.41) is 3.01. The summed E-state index contributed by atoms with van der Waals surface area (Å²) in [4.78, 5) is 34.2. The number of aromatic amines is 1. The molecular weight excluding hydrogens is 300 g/mol. The molecule has 0 fully saturated rings. The van der Waals surface area contributed by atoms with Crippen molar-refractivity contribution in [3.8, 4) is 0 Å². The van der Waals surface area contributed by atoms with Crippen LogP contribution in [0.4, 0.5) is 0 Å². The summed E-state index contributed by atoms with van der Waals surface area (Å²) < 4.78 is 0. The van der Waals surface area contributed by atoms with Gasteiger partial charge in [-0.1, -0.05) is 11.8 Å².